The van der Waals surface area contributed by atoms with Crippen LogP contribution < -0.4 is 5.32 Å². The maximum absolute atomic E-state index is 11.5. The number of rotatable bonds is 4. The predicted molar refractivity (Wildman–Crippen MR) is 55.9 cm³/mol. The van der Waals surface area contributed by atoms with Crippen molar-refractivity contribution >= 4 is 29.5 Å². The van der Waals surface area contributed by atoms with Crippen LogP contribution in [0.25, 0.3) is 0 Å². The van der Waals surface area contributed by atoms with Crippen molar-refractivity contribution in [3.05, 3.63) is 39.9 Å². The van der Waals surface area contributed by atoms with E-state index in [1.165, 1.54) is 30.6 Å². The minimum Gasteiger partial charge on any atom is -0.329 e. The molecule has 0 saturated carbocycles. The first kappa shape index (κ1) is 12.1. The SMILES string of the molecule is O=[C]C(Cl)NC(=O)c1ccccc1[N+](=O)[O-]. The molecule has 6 nitrogen and oxygen atoms in total. The summed E-state index contributed by atoms with van der Waals surface area (Å²) in [7, 11) is 0. The van der Waals surface area contributed by atoms with Gasteiger partial charge in [0.25, 0.3) is 11.6 Å². The second-order valence-electron chi connectivity index (χ2n) is 2.73. The highest BCUT2D eigenvalue weighted by molar-refractivity contribution is 6.28. The Morgan fingerprint density at radius 3 is 2.69 bits per heavy atom. The molecule has 1 unspecified atom stereocenters. The van der Waals surface area contributed by atoms with Gasteiger partial charge in [-0.2, -0.15) is 0 Å². The highest BCUT2D eigenvalue weighted by Crippen LogP contribution is 2.17. The van der Waals surface area contributed by atoms with Crippen molar-refractivity contribution in [1.82, 2.24) is 5.32 Å². The van der Waals surface area contributed by atoms with E-state index in [1.807, 2.05) is 5.32 Å². The van der Waals surface area contributed by atoms with Gasteiger partial charge in [0.2, 0.25) is 6.29 Å². The lowest BCUT2D eigenvalue weighted by molar-refractivity contribution is -0.385. The summed E-state index contributed by atoms with van der Waals surface area (Å²) in [6.45, 7) is 0. The smallest absolute Gasteiger partial charge is 0.282 e. The molecule has 1 rings (SSSR count). The number of alkyl halides is 1. The first-order valence-electron chi connectivity index (χ1n) is 4.12. The van der Waals surface area contributed by atoms with Crippen molar-refractivity contribution in [1.29, 1.82) is 0 Å². The quantitative estimate of drug-likeness (QED) is 0.369. The lowest BCUT2D eigenvalue weighted by Gasteiger charge is -2.05. The molecule has 1 atom stereocenters. The number of carbonyl (C=O) groups excluding carboxylic acids is 2. The van der Waals surface area contributed by atoms with E-state index in [1.54, 1.807) is 0 Å². The van der Waals surface area contributed by atoms with E-state index in [9.17, 15) is 19.7 Å². The Labute approximate surface area is 95.4 Å². The maximum atomic E-state index is 11.5. The third-order valence-corrected chi connectivity index (χ3v) is 1.90. The maximum Gasteiger partial charge on any atom is 0.282 e. The summed E-state index contributed by atoms with van der Waals surface area (Å²) in [6, 6.07) is 5.35. The minimum atomic E-state index is -1.33. The van der Waals surface area contributed by atoms with Crippen molar-refractivity contribution < 1.29 is 14.5 Å². The standard InChI is InChI=1S/C9H6ClN2O4/c10-8(5-13)11-9(14)6-3-1-2-4-7(6)12(15)16/h1-4,8H,(H,11,14). The highest BCUT2D eigenvalue weighted by atomic mass is 35.5. The van der Waals surface area contributed by atoms with Crippen LogP contribution in [-0.4, -0.2) is 22.6 Å². The van der Waals surface area contributed by atoms with Gasteiger partial charge in [0.05, 0.1) is 4.92 Å². The Kier molecular flexibility index (Phi) is 3.96. The third-order valence-electron chi connectivity index (χ3n) is 1.71. The molecule has 0 aromatic heterocycles. The average molecular weight is 242 g/mol. The van der Waals surface area contributed by atoms with Crippen LogP contribution in [0.2, 0.25) is 0 Å². The summed E-state index contributed by atoms with van der Waals surface area (Å²) in [5.74, 6) is -0.796. The van der Waals surface area contributed by atoms with Crippen molar-refractivity contribution in [3.63, 3.8) is 0 Å². The van der Waals surface area contributed by atoms with E-state index in [4.69, 9.17) is 11.6 Å². The molecule has 83 valence electrons. The first-order valence-corrected chi connectivity index (χ1v) is 4.56. The Morgan fingerprint density at radius 2 is 2.12 bits per heavy atom. The zero-order valence-electron chi connectivity index (χ0n) is 7.84. The van der Waals surface area contributed by atoms with Crippen LogP contribution in [0, 0.1) is 10.1 Å². The van der Waals surface area contributed by atoms with Crippen LogP contribution >= 0.6 is 11.6 Å². The Bertz CT molecular complexity index is 435. The number of nitrogens with one attached hydrogen (secondary N) is 1. The zero-order chi connectivity index (χ0) is 12.1. The van der Waals surface area contributed by atoms with Gasteiger partial charge >= 0.3 is 0 Å². The molecule has 0 aliphatic heterocycles. The summed E-state index contributed by atoms with van der Waals surface area (Å²) in [5.41, 5.74) is -1.84. The second-order valence-corrected chi connectivity index (χ2v) is 3.16. The molecule has 1 aromatic rings. The Hall–Kier alpha value is -1.95. The fourth-order valence-electron chi connectivity index (χ4n) is 1.05. The molecule has 7 heteroatoms. The minimum absolute atomic E-state index is 0.159. The van der Waals surface area contributed by atoms with Gasteiger partial charge < -0.3 is 5.32 Å². The van der Waals surface area contributed by atoms with Crippen LogP contribution in [-0.2, 0) is 4.79 Å². The summed E-state index contributed by atoms with van der Waals surface area (Å²) in [4.78, 5) is 31.5. The van der Waals surface area contributed by atoms with Crippen LogP contribution in [0.4, 0.5) is 5.69 Å². The van der Waals surface area contributed by atoms with Gasteiger partial charge in [-0.05, 0) is 6.07 Å². The van der Waals surface area contributed by atoms with E-state index in [-0.39, 0.29) is 11.3 Å². The number of benzene rings is 1. The number of amides is 1. The van der Waals surface area contributed by atoms with Gasteiger partial charge in [0, 0.05) is 6.07 Å². The molecule has 0 bridgehead atoms. The summed E-state index contributed by atoms with van der Waals surface area (Å²) in [5, 5.41) is 12.6. The predicted octanol–water partition coefficient (Wildman–Crippen LogP) is 0.999. The van der Waals surface area contributed by atoms with E-state index in [0.717, 1.165) is 0 Å². The van der Waals surface area contributed by atoms with Gasteiger partial charge in [-0.15, -0.1) is 0 Å². The van der Waals surface area contributed by atoms with Crippen molar-refractivity contribution in [3.8, 4) is 0 Å². The Morgan fingerprint density at radius 1 is 1.50 bits per heavy atom. The molecule has 1 aromatic carbocycles. The Balaban J connectivity index is 2.99. The van der Waals surface area contributed by atoms with Crippen molar-refractivity contribution in [2.24, 2.45) is 0 Å². The number of hydrogen-bond acceptors (Lipinski definition) is 4. The van der Waals surface area contributed by atoms with E-state index in [0.29, 0.717) is 0 Å². The van der Waals surface area contributed by atoms with Gasteiger partial charge in [-0.25, -0.2) is 0 Å². The molecule has 0 aliphatic rings. The summed E-state index contributed by atoms with van der Waals surface area (Å²) in [6.07, 6.45) is 1.33. The van der Waals surface area contributed by atoms with Crippen molar-refractivity contribution in [2.45, 2.75) is 5.50 Å². The lowest BCUT2D eigenvalue weighted by atomic mass is 10.1. The fraction of sp³-hybridized carbons (Fsp3) is 0.111. The second kappa shape index (κ2) is 5.22. The van der Waals surface area contributed by atoms with E-state index >= 15 is 0 Å². The molecule has 0 saturated heterocycles. The third kappa shape index (κ3) is 2.77. The molecule has 0 aliphatic carbocycles. The molecule has 16 heavy (non-hydrogen) atoms. The monoisotopic (exact) mass is 241 g/mol. The molecule has 1 N–H and O–H groups in total. The average Bonchev–Trinajstić information content (AvgIpc) is 2.28. The number of hydrogen-bond donors (Lipinski definition) is 1. The van der Waals surface area contributed by atoms with Gasteiger partial charge in [-0.3, -0.25) is 19.7 Å². The molecule has 0 heterocycles. The molecule has 0 fully saturated rings. The number of para-hydroxylation sites is 1. The van der Waals surface area contributed by atoms with Crippen LogP contribution in [0.3, 0.4) is 0 Å². The van der Waals surface area contributed by atoms with Crippen LogP contribution in [0.1, 0.15) is 10.4 Å². The number of carbonyl (C=O) groups is 1. The summed E-state index contributed by atoms with van der Waals surface area (Å²) >= 11 is 5.32. The van der Waals surface area contributed by atoms with Gasteiger partial charge in [0.1, 0.15) is 5.56 Å². The molecular weight excluding hydrogens is 236 g/mol. The number of nitro groups is 1. The van der Waals surface area contributed by atoms with Crippen LogP contribution in [0.15, 0.2) is 24.3 Å². The number of nitro benzene ring substituents is 1. The normalized spacial score (nSPS) is 11.6. The number of halogens is 1. The highest BCUT2D eigenvalue weighted by Gasteiger charge is 2.20. The molecular formula is C9H6ClN2O4. The van der Waals surface area contributed by atoms with Gasteiger partial charge in [-0.1, -0.05) is 23.7 Å². The topological polar surface area (TPSA) is 89.3 Å². The molecule has 1 radical (unpaired) electrons. The summed E-state index contributed by atoms with van der Waals surface area (Å²) < 4.78 is 0. The largest absolute Gasteiger partial charge is 0.329 e. The molecule has 0 spiro atoms. The van der Waals surface area contributed by atoms with E-state index in [2.05, 4.69) is 0 Å². The fourth-order valence-corrected chi connectivity index (χ4v) is 1.15. The first-order chi connectivity index (χ1) is 7.56. The zero-order valence-corrected chi connectivity index (χ0v) is 8.60. The van der Waals surface area contributed by atoms with E-state index < -0.39 is 16.3 Å². The van der Waals surface area contributed by atoms with Crippen LogP contribution in [0.5, 0.6) is 0 Å². The lowest BCUT2D eigenvalue weighted by Crippen LogP contribution is -2.32. The number of nitrogens with zero attached hydrogens (tertiary/aromatic N) is 1. The molecule has 1 amide bonds. The van der Waals surface area contributed by atoms with Gasteiger partial charge in [0.15, 0.2) is 5.50 Å². The van der Waals surface area contributed by atoms with Crippen molar-refractivity contribution in [2.75, 3.05) is 0 Å².